The highest BCUT2D eigenvalue weighted by Crippen LogP contribution is 2.18. The Labute approximate surface area is 220 Å². The topological polar surface area (TPSA) is 106 Å². The van der Waals surface area contributed by atoms with Gasteiger partial charge in [0.2, 0.25) is 0 Å². The van der Waals surface area contributed by atoms with Gasteiger partial charge in [-0.3, -0.25) is 25.2 Å². The van der Waals surface area contributed by atoms with E-state index in [4.69, 9.17) is 9.47 Å². The number of hydrazine groups is 1. The minimum absolute atomic E-state index is 0.234. The maximum atomic E-state index is 12.7. The van der Waals surface area contributed by atoms with Gasteiger partial charge < -0.3 is 14.8 Å². The number of nitrogens with one attached hydrogen (secondary N) is 3. The molecule has 3 amide bonds. The van der Waals surface area contributed by atoms with E-state index in [2.05, 4.69) is 16.2 Å². The number of benzene rings is 4. The lowest BCUT2D eigenvalue weighted by molar-refractivity contribution is 0.0844. The van der Waals surface area contributed by atoms with Crippen LogP contribution in [0.15, 0.2) is 103 Å². The Morgan fingerprint density at radius 1 is 0.605 bits per heavy atom. The van der Waals surface area contributed by atoms with Gasteiger partial charge in [-0.25, -0.2) is 0 Å². The summed E-state index contributed by atoms with van der Waals surface area (Å²) in [4.78, 5) is 37.7. The lowest BCUT2D eigenvalue weighted by Crippen LogP contribution is -2.41. The van der Waals surface area contributed by atoms with Crippen molar-refractivity contribution >= 4 is 23.4 Å². The molecule has 4 aromatic rings. The highest BCUT2D eigenvalue weighted by molar-refractivity contribution is 6.05. The van der Waals surface area contributed by atoms with Crippen molar-refractivity contribution in [1.82, 2.24) is 10.9 Å². The minimum Gasteiger partial charge on any atom is -0.490 e. The molecule has 0 atom stereocenters. The van der Waals surface area contributed by atoms with E-state index in [1.54, 1.807) is 60.7 Å². The van der Waals surface area contributed by atoms with Crippen LogP contribution >= 0.6 is 0 Å². The third-order valence-corrected chi connectivity index (χ3v) is 5.57. The van der Waals surface area contributed by atoms with E-state index in [-0.39, 0.29) is 18.1 Å². The molecule has 0 aliphatic carbocycles. The Kier molecular flexibility index (Phi) is 8.70. The number of carbonyl (C=O) groups is 3. The molecule has 0 saturated heterocycles. The molecule has 4 aromatic carbocycles. The third kappa shape index (κ3) is 6.98. The van der Waals surface area contributed by atoms with E-state index < -0.39 is 11.8 Å². The first kappa shape index (κ1) is 26.0. The van der Waals surface area contributed by atoms with Gasteiger partial charge in [0.05, 0.1) is 5.56 Å². The summed E-state index contributed by atoms with van der Waals surface area (Å²) in [6.07, 6.45) is 0. The predicted molar refractivity (Wildman–Crippen MR) is 144 cm³/mol. The molecule has 0 saturated carbocycles. The van der Waals surface area contributed by atoms with Crippen molar-refractivity contribution in [2.75, 3.05) is 18.5 Å². The van der Waals surface area contributed by atoms with Crippen LogP contribution in [0.5, 0.6) is 11.5 Å². The van der Waals surface area contributed by atoms with Gasteiger partial charge in [0.25, 0.3) is 17.7 Å². The number of rotatable bonds is 9. The summed E-state index contributed by atoms with van der Waals surface area (Å²) < 4.78 is 11.3. The molecule has 0 heterocycles. The summed E-state index contributed by atoms with van der Waals surface area (Å²) in [5.74, 6) is -0.180. The summed E-state index contributed by atoms with van der Waals surface area (Å²) >= 11 is 0. The van der Waals surface area contributed by atoms with Gasteiger partial charge in [-0.2, -0.15) is 0 Å². The Bertz CT molecular complexity index is 1410. The number of anilines is 1. The quantitative estimate of drug-likeness (QED) is 0.222. The maximum Gasteiger partial charge on any atom is 0.273 e. The third-order valence-electron chi connectivity index (χ3n) is 5.57. The standard InChI is InChI=1S/C30H27N3O5/c1-21-9-5-6-12-25(21)29(35)31-23-17-15-22(16-18-23)28(34)32-33-30(36)26-13-7-8-14-27(26)38-20-19-37-24-10-3-2-4-11-24/h2-18H,19-20H2,1H3,(H,31,35)(H,32,34)(H,33,36). The number of para-hydroxylation sites is 2. The fourth-order valence-corrected chi connectivity index (χ4v) is 3.59. The van der Waals surface area contributed by atoms with Crippen LogP contribution < -0.4 is 25.6 Å². The zero-order valence-corrected chi connectivity index (χ0v) is 20.8. The van der Waals surface area contributed by atoms with E-state index >= 15 is 0 Å². The van der Waals surface area contributed by atoms with Gasteiger partial charge in [0, 0.05) is 16.8 Å². The van der Waals surface area contributed by atoms with Crippen molar-refractivity contribution < 1.29 is 23.9 Å². The van der Waals surface area contributed by atoms with Gasteiger partial charge in [0.15, 0.2) is 0 Å². The average molecular weight is 510 g/mol. The first-order valence-electron chi connectivity index (χ1n) is 12.0. The second-order valence-electron chi connectivity index (χ2n) is 8.26. The summed E-state index contributed by atoms with van der Waals surface area (Å²) in [7, 11) is 0. The Hall–Kier alpha value is -5.11. The van der Waals surface area contributed by atoms with Crippen molar-refractivity contribution in [3.8, 4) is 11.5 Å². The highest BCUT2D eigenvalue weighted by atomic mass is 16.5. The molecule has 0 unspecified atom stereocenters. The molecule has 0 spiro atoms. The molecule has 3 N–H and O–H groups in total. The molecule has 8 heteroatoms. The first-order chi connectivity index (χ1) is 18.5. The lowest BCUT2D eigenvalue weighted by Gasteiger charge is -2.13. The second kappa shape index (κ2) is 12.7. The molecule has 0 aliphatic heterocycles. The Balaban J connectivity index is 1.28. The van der Waals surface area contributed by atoms with Gasteiger partial charge in [-0.1, -0.05) is 48.5 Å². The van der Waals surface area contributed by atoms with Crippen molar-refractivity contribution in [2.45, 2.75) is 6.92 Å². The SMILES string of the molecule is Cc1ccccc1C(=O)Nc1ccc(C(=O)NNC(=O)c2ccccc2OCCOc2ccccc2)cc1. The molecule has 8 nitrogen and oxygen atoms in total. The van der Waals surface area contributed by atoms with E-state index in [0.717, 1.165) is 11.3 Å². The summed E-state index contributed by atoms with van der Waals surface area (Å²) in [5.41, 5.74) is 7.36. The molecule has 38 heavy (non-hydrogen) atoms. The van der Waals surface area contributed by atoms with Crippen LogP contribution in [-0.4, -0.2) is 30.9 Å². The molecule has 0 fully saturated rings. The fourth-order valence-electron chi connectivity index (χ4n) is 3.59. The van der Waals surface area contributed by atoms with Crippen molar-refractivity contribution in [2.24, 2.45) is 0 Å². The normalized spacial score (nSPS) is 10.2. The monoisotopic (exact) mass is 509 g/mol. The molecular formula is C30H27N3O5. The predicted octanol–water partition coefficient (Wildman–Crippen LogP) is 4.78. The van der Waals surface area contributed by atoms with Gasteiger partial charge in [-0.05, 0) is 67.1 Å². The van der Waals surface area contributed by atoms with Crippen LogP contribution in [0, 0.1) is 6.92 Å². The molecule has 0 aromatic heterocycles. The molecule has 4 rings (SSSR count). The van der Waals surface area contributed by atoms with Crippen LogP contribution in [0.1, 0.15) is 36.6 Å². The van der Waals surface area contributed by atoms with Crippen molar-refractivity contribution in [3.63, 3.8) is 0 Å². The van der Waals surface area contributed by atoms with Crippen molar-refractivity contribution in [1.29, 1.82) is 0 Å². The van der Waals surface area contributed by atoms with Gasteiger partial charge >= 0.3 is 0 Å². The van der Waals surface area contributed by atoms with E-state index in [1.807, 2.05) is 49.4 Å². The molecule has 0 bridgehead atoms. The van der Waals surface area contributed by atoms with Crippen LogP contribution in [-0.2, 0) is 0 Å². The largest absolute Gasteiger partial charge is 0.490 e. The fraction of sp³-hybridized carbons (Fsp3) is 0.100. The number of carbonyl (C=O) groups excluding carboxylic acids is 3. The van der Waals surface area contributed by atoms with Crippen LogP contribution in [0.4, 0.5) is 5.69 Å². The summed E-state index contributed by atoms with van der Waals surface area (Å²) in [6, 6.07) is 29.7. The number of amides is 3. The van der Waals surface area contributed by atoms with E-state index in [0.29, 0.717) is 29.2 Å². The lowest BCUT2D eigenvalue weighted by atomic mass is 10.1. The Morgan fingerprint density at radius 2 is 1.21 bits per heavy atom. The molecular weight excluding hydrogens is 482 g/mol. The minimum atomic E-state index is -0.528. The zero-order valence-electron chi connectivity index (χ0n) is 20.8. The van der Waals surface area contributed by atoms with Crippen LogP contribution in [0.25, 0.3) is 0 Å². The number of hydrogen-bond acceptors (Lipinski definition) is 5. The highest BCUT2D eigenvalue weighted by Gasteiger charge is 2.14. The second-order valence-corrected chi connectivity index (χ2v) is 8.26. The van der Waals surface area contributed by atoms with Crippen LogP contribution in [0.2, 0.25) is 0 Å². The summed E-state index contributed by atoms with van der Waals surface area (Å²) in [5, 5.41) is 2.81. The molecule has 0 radical (unpaired) electrons. The molecule has 192 valence electrons. The smallest absolute Gasteiger partial charge is 0.273 e. The first-order valence-corrected chi connectivity index (χ1v) is 12.0. The Morgan fingerprint density at radius 3 is 1.95 bits per heavy atom. The number of ether oxygens (including phenoxy) is 2. The van der Waals surface area contributed by atoms with E-state index in [9.17, 15) is 14.4 Å². The average Bonchev–Trinajstić information content (AvgIpc) is 2.95. The number of hydrogen-bond donors (Lipinski definition) is 3. The maximum absolute atomic E-state index is 12.7. The van der Waals surface area contributed by atoms with Gasteiger partial charge in [0.1, 0.15) is 24.7 Å². The van der Waals surface area contributed by atoms with E-state index in [1.165, 1.54) is 0 Å². The number of aryl methyl sites for hydroxylation is 1. The summed E-state index contributed by atoms with van der Waals surface area (Å²) in [6.45, 7) is 2.40. The molecule has 0 aliphatic rings. The van der Waals surface area contributed by atoms with Gasteiger partial charge in [-0.15, -0.1) is 0 Å². The van der Waals surface area contributed by atoms with Crippen molar-refractivity contribution in [3.05, 3.63) is 125 Å². The van der Waals surface area contributed by atoms with Crippen LogP contribution in [0.3, 0.4) is 0 Å². The zero-order chi connectivity index (χ0) is 26.7.